The fourth-order valence-corrected chi connectivity index (χ4v) is 2.98. The van der Waals surface area contributed by atoms with Gasteiger partial charge in [0.25, 0.3) is 5.56 Å². The standard InChI is InChI=1S/C20H18F3N3O2/c1-12-7-3-4-8-14(12)11-24-18(27)13(2)26-16-10-6-5-9-15(16)25-17(19(26)28)20(21,22)23/h3-10,13H,11H2,1-2H3,(H,24,27)/t13-/m0/s1. The predicted molar refractivity (Wildman–Crippen MR) is 98.7 cm³/mol. The van der Waals surface area contributed by atoms with E-state index in [0.717, 1.165) is 15.7 Å². The lowest BCUT2D eigenvalue weighted by atomic mass is 10.1. The topological polar surface area (TPSA) is 64.0 Å². The average molecular weight is 389 g/mol. The van der Waals surface area contributed by atoms with Crippen molar-refractivity contribution in [3.8, 4) is 0 Å². The molecule has 0 aliphatic carbocycles. The summed E-state index contributed by atoms with van der Waals surface area (Å²) in [4.78, 5) is 28.6. The number of benzene rings is 2. The maximum absolute atomic E-state index is 13.3. The molecule has 0 spiro atoms. The molecule has 0 aliphatic rings. The predicted octanol–water partition coefficient (Wildman–Crippen LogP) is 3.60. The van der Waals surface area contributed by atoms with Gasteiger partial charge in [-0.1, -0.05) is 36.4 Å². The van der Waals surface area contributed by atoms with E-state index in [2.05, 4.69) is 10.3 Å². The van der Waals surface area contributed by atoms with E-state index in [1.54, 1.807) is 6.07 Å². The van der Waals surface area contributed by atoms with Crippen molar-refractivity contribution in [1.82, 2.24) is 14.9 Å². The number of nitrogens with one attached hydrogen (secondary N) is 1. The van der Waals surface area contributed by atoms with Gasteiger partial charge in [0.1, 0.15) is 6.04 Å². The van der Waals surface area contributed by atoms with Gasteiger partial charge >= 0.3 is 6.18 Å². The van der Waals surface area contributed by atoms with E-state index < -0.39 is 29.4 Å². The summed E-state index contributed by atoms with van der Waals surface area (Å²) in [6.07, 6.45) is -4.92. The van der Waals surface area contributed by atoms with Crippen molar-refractivity contribution >= 4 is 16.9 Å². The molecular formula is C20H18F3N3O2. The van der Waals surface area contributed by atoms with Crippen LogP contribution in [0.3, 0.4) is 0 Å². The van der Waals surface area contributed by atoms with Gasteiger partial charge in [-0.05, 0) is 37.1 Å². The lowest BCUT2D eigenvalue weighted by Crippen LogP contribution is -2.39. The number of fused-ring (bicyclic) bond motifs is 1. The molecule has 28 heavy (non-hydrogen) atoms. The number of carbonyl (C=O) groups excluding carboxylic acids is 1. The second-order valence-corrected chi connectivity index (χ2v) is 6.44. The summed E-state index contributed by atoms with van der Waals surface area (Å²) in [6.45, 7) is 3.49. The van der Waals surface area contributed by atoms with Gasteiger partial charge in [-0.25, -0.2) is 4.98 Å². The average Bonchev–Trinajstić information content (AvgIpc) is 2.65. The van der Waals surface area contributed by atoms with Crippen molar-refractivity contribution < 1.29 is 18.0 Å². The lowest BCUT2D eigenvalue weighted by molar-refractivity contribution is -0.142. The van der Waals surface area contributed by atoms with Crippen molar-refractivity contribution in [2.75, 3.05) is 0 Å². The Kier molecular flexibility index (Phi) is 5.22. The van der Waals surface area contributed by atoms with Crippen molar-refractivity contribution in [2.24, 2.45) is 0 Å². The van der Waals surface area contributed by atoms with E-state index in [1.165, 1.54) is 25.1 Å². The molecule has 0 saturated carbocycles. The molecule has 2 aromatic carbocycles. The van der Waals surface area contributed by atoms with Crippen molar-refractivity contribution in [3.05, 3.63) is 75.7 Å². The molecule has 5 nitrogen and oxygen atoms in total. The largest absolute Gasteiger partial charge is 0.438 e. The molecule has 3 aromatic rings. The highest BCUT2D eigenvalue weighted by atomic mass is 19.4. The smallest absolute Gasteiger partial charge is 0.350 e. The van der Waals surface area contributed by atoms with Gasteiger partial charge in [0, 0.05) is 6.54 Å². The maximum atomic E-state index is 13.3. The van der Waals surface area contributed by atoms with Gasteiger partial charge in [0.2, 0.25) is 11.6 Å². The molecule has 3 rings (SSSR count). The monoisotopic (exact) mass is 389 g/mol. The molecule has 1 heterocycles. The van der Waals surface area contributed by atoms with E-state index in [4.69, 9.17) is 0 Å². The van der Waals surface area contributed by atoms with Crippen LogP contribution in [0, 0.1) is 6.92 Å². The molecule has 1 N–H and O–H groups in total. The Morgan fingerprint density at radius 2 is 1.79 bits per heavy atom. The van der Waals surface area contributed by atoms with Crippen LogP contribution >= 0.6 is 0 Å². The van der Waals surface area contributed by atoms with Crippen molar-refractivity contribution in [2.45, 2.75) is 32.6 Å². The number of rotatable bonds is 4. The highest BCUT2D eigenvalue weighted by Crippen LogP contribution is 2.27. The van der Waals surface area contributed by atoms with Gasteiger partial charge in [0.15, 0.2) is 0 Å². The van der Waals surface area contributed by atoms with Crippen LogP contribution in [-0.2, 0) is 17.5 Å². The number of nitrogens with zero attached hydrogens (tertiary/aromatic N) is 2. The Hall–Kier alpha value is -3.16. The van der Waals surface area contributed by atoms with Crippen LogP contribution in [0.15, 0.2) is 53.3 Å². The number of para-hydroxylation sites is 2. The fraction of sp³-hybridized carbons (Fsp3) is 0.250. The van der Waals surface area contributed by atoms with Gasteiger partial charge in [-0.2, -0.15) is 13.2 Å². The Labute approximate surface area is 158 Å². The Morgan fingerprint density at radius 3 is 2.46 bits per heavy atom. The minimum atomic E-state index is -4.92. The molecule has 0 radical (unpaired) electrons. The van der Waals surface area contributed by atoms with Gasteiger partial charge in [-0.3, -0.25) is 14.2 Å². The quantitative estimate of drug-likeness (QED) is 0.742. The third-order valence-electron chi connectivity index (χ3n) is 4.54. The van der Waals surface area contributed by atoms with Crippen LogP contribution in [0.25, 0.3) is 11.0 Å². The van der Waals surface area contributed by atoms with Crippen molar-refractivity contribution in [1.29, 1.82) is 0 Å². The van der Waals surface area contributed by atoms with Crippen LogP contribution in [0.5, 0.6) is 0 Å². The molecular weight excluding hydrogens is 371 g/mol. The first kappa shape index (κ1) is 19.6. The zero-order valence-corrected chi connectivity index (χ0v) is 15.2. The number of amides is 1. The maximum Gasteiger partial charge on any atom is 0.438 e. The summed E-state index contributed by atoms with van der Waals surface area (Å²) in [7, 11) is 0. The highest BCUT2D eigenvalue weighted by Gasteiger charge is 2.38. The lowest BCUT2D eigenvalue weighted by Gasteiger charge is -2.19. The van der Waals surface area contributed by atoms with Crippen LogP contribution in [-0.4, -0.2) is 15.5 Å². The molecule has 0 bridgehead atoms. The van der Waals surface area contributed by atoms with Crippen molar-refractivity contribution in [3.63, 3.8) is 0 Å². The normalized spacial score (nSPS) is 12.8. The van der Waals surface area contributed by atoms with Crippen LogP contribution in [0.1, 0.15) is 29.8 Å². The third-order valence-corrected chi connectivity index (χ3v) is 4.54. The first-order valence-electron chi connectivity index (χ1n) is 8.61. The van der Waals surface area contributed by atoms with Gasteiger partial charge in [-0.15, -0.1) is 0 Å². The number of halogens is 3. The second-order valence-electron chi connectivity index (χ2n) is 6.44. The zero-order valence-electron chi connectivity index (χ0n) is 15.2. The van der Waals surface area contributed by atoms with E-state index in [0.29, 0.717) is 0 Å². The highest BCUT2D eigenvalue weighted by molar-refractivity contribution is 5.83. The number of carbonyl (C=O) groups is 1. The SMILES string of the molecule is Cc1ccccc1CNC(=O)[C@H](C)n1c(=O)c(C(F)(F)F)nc2ccccc21. The third kappa shape index (κ3) is 3.76. The molecule has 0 unspecified atom stereocenters. The number of aromatic nitrogens is 2. The second kappa shape index (κ2) is 7.46. The van der Waals surface area contributed by atoms with E-state index in [-0.39, 0.29) is 17.6 Å². The number of hydrogen-bond donors (Lipinski definition) is 1. The van der Waals surface area contributed by atoms with Gasteiger partial charge in [0.05, 0.1) is 11.0 Å². The molecule has 1 amide bonds. The first-order chi connectivity index (χ1) is 13.2. The minimum Gasteiger partial charge on any atom is -0.350 e. The van der Waals surface area contributed by atoms with Crippen LogP contribution in [0.2, 0.25) is 0 Å². The molecule has 0 saturated heterocycles. The number of alkyl halides is 3. The van der Waals surface area contributed by atoms with E-state index in [9.17, 15) is 22.8 Å². The molecule has 0 aliphatic heterocycles. The molecule has 1 atom stereocenters. The summed E-state index contributed by atoms with van der Waals surface area (Å²) in [6, 6.07) is 12.2. The van der Waals surface area contributed by atoms with E-state index >= 15 is 0 Å². The summed E-state index contributed by atoms with van der Waals surface area (Å²) in [5, 5.41) is 2.69. The van der Waals surface area contributed by atoms with E-state index in [1.807, 2.05) is 31.2 Å². The molecule has 0 fully saturated rings. The fourth-order valence-electron chi connectivity index (χ4n) is 2.98. The van der Waals surface area contributed by atoms with Crippen LogP contribution < -0.4 is 10.9 Å². The minimum absolute atomic E-state index is 0.00650. The summed E-state index contributed by atoms with van der Waals surface area (Å²) in [5.74, 6) is -0.560. The Morgan fingerprint density at radius 1 is 1.14 bits per heavy atom. The van der Waals surface area contributed by atoms with Crippen LogP contribution in [0.4, 0.5) is 13.2 Å². The summed E-state index contributed by atoms with van der Waals surface area (Å²) >= 11 is 0. The van der Waals surface area contributed by atoms with Gasteiger partial charge < -0.3 is 5.32 Å². The molecule has 8 heteroatoms. The zero-order chi connectivity index (χ0) is 20.5. The summed E-state index contributed by atoms with van der Waals surface area (Å²) < 4.78 is 40.6. The number of hydrogen-bond acceptors (Lipinski definition) is 3. The molecule has 1 aromatic heterocycles. The Balaban J connectivity index is 1.99. The number of aryl methyl sites for hydroxylation is 1. The molecule has 146 valence electrons. The Bertz CT molecular complexity index is 1090. The summed E-state index contributed by atoms with van der Waals surface area (Å²) in [5.41, 5.74) is -0.867. The first-order valence-corrected chi connectivity index (χ1v) is 8.61.